The summed E-state index contributed by atoms with van der Waals surface area (Å²) in [7, 11) is 0. The molecule has 15 heavy (non-hydrogen) atoms. The molecule has 0 amide bonds. The summed E-state index contributed by atoms with van der Waals surface area (Å²) in [5, 5.41) is 0. The van der Waals surface area contributed by atoms with Crippen molar-refractivity contribution in [2.24, 2.45) is 5.92 Å². The topological polar surface area (TPSA) is 0 Å². The summed E-state index contributed by atoms with van der Waals surface area (Å²) in [6.07, 6.45) is 1.18. The number of benzene rings is 1. The molecule has 0 N–H and O–H groups in total. The summed E-state index contributed by atoms with van der Waals surface area (Å²) in [5.41, 5.74) is 4.09. The molecule has 1 aromatic carbocycles. The van der Waals surface area contributed by atoms with Gasteiger partial charge in [-0.15, -0.1) is 0 Å². The molecule has 0 bridgehead atoms. The van der Waals surface area contributed by atoms with Crippen LogP contribution in [0.15, 0.2) is 16.6 Å². The Balaban J connectivity index is 2.98. The quantitative estimate of drug-likeness (QED) is 0.636. The van der Waals surface area contributed by atoms with E-state index in [2.05, 4.69) is 71.7 Å². The maximum absolute atomic E-state index is 3.78. The van der Waals surface area contributed by atoms with Gasteiger partial charge in [-0.3, -0.25) is 0 Å². The van der Waals surface area contributed by atoms with E-state index >= 15 is 0 Å². The van der Waals surface area contributed by atoms with Crippen molar-refractivity contribution in [1.29, 1.82) is 0 Å². The lowest BCUT2D eigenvalue weighted by atomic mass is 9.97. The van der Waals surface area contributed by atoms with Gasteiger partial charge in [0.25, 0.3) is 0 Å². The minimum atomic E-state index is 0.476. The van der Waals surface area contributed by atoms with Gasteiger partial charge in [0.1, 0.15) is 0 Å². The molecule has 0 aliphatic heterocycles. The minimum Gasteiger partial charge on any atom is -0.0839 e. The number of hydrogen-bond acceptors (Lipinski definition) is 0. The van der Waals surface area contributed by atoms with E-state index in [1.165, 1.54) is 27.6 Å². The van der Waals surface area contributed by atoms with E-state index in [1.54, 1.807) is 0 Å². The smallest absolute Gasteiger partial charge is 0.0400 e. The van der Waals surface area contributed by atoms with Crippen LogP contribution in [0, 0.1) is 19.8 Å². The lowest BCUT2D eigenvalue weighted by Crippen LogP contribution is -1.99. The monoisotopic (exact) mass is 332 g/mol. The van der Waals surface area contributed by atoms with E-state index in [0.717, 1.165) is 5.92 Å². The van der Waals surface area contributed by atoms with Crippen LogP contribution in [0.4, 0.5) is 0 Å². The van der Waals surface area contributed by atoms with Gasteiger partial charge in [0.15, 0.2) is 0 Å². The van der Waals surface area contributed by atoms with Gasteiger partial charge in [0, 0.05) is 9.30 Å². The van der Waals surface area contributed by atoms with Crippen molar-refractivity contribution in [3.05, 3.63) is 33.3 Å². The van der Waals surface area contributed by atoms with Gasteiger partial charge in [-0.2, -0.15) is 0 Å². The van der Waals surface area contributed by atoms with Crippen LogP contribution in [-0.2, 0) is 0 Å². The molecule has 0 saturated heterocycles. The van der Waals surface area contributed by atoms with E-state index in [4.69, 9.17) is 0 Å². The number of hydrogen-bond donors (Lipinski definition) is 0. The second-order valence-electron chi connectivity index (χ2n) is 4.56. The fourth-order valence-electron chi connectivity index (χ4n) is 1.68. The highest BCUT2D eigenvalue weighted by Crippen LogP contribution is 2.34. The Kier molecular flexibility index (Phi) is 4.85. The van der Waals surface area contributed by atoms with Crippen molar-refractivity contribution in [3.8, 4) is 0 Å². The van der Waals surface area contributed by atoms with Gasteiger partial charge in [-0.25, -0.2) is 0 Å². The van der Waals surface area contributed by atoms with E-state index in [1.807, 2.05) is 0 Å². The Morgan fingerprint density at radius 1 is 1.13 bits per heavy atom. The average molecular weight is 334 g/mol. The second-order valence-corrected chi connectivity index (χ2v) is 6.51. The van der Waals surface area contributed by atoms with Gasteiger partial charge in [0.05, 0.1) is 0 Å². The molecule has 0 aromatic heterocycles. The molecule has 0 aliphatic rings. The first-order valence-corrected chi connectivity index (χ1v) is 7.03. The molecular formula is C13H18Br2. The standard InChI is InChI=1S/C13H18Br2/c1-8(2)5-13(15)11-6-10(4)12(14)7-9(11)3/h6-8,13H,5H2,1-4H3. The maximum Gasteiger partial charge on any atom is 0.0400 e. The van der Waals surface area contributed by atoms with Crippen LogP contribution in [-0.4, -0.2) is 0 Å². The summed E-state index contributed by atoms with van der Waals surface area (Å²) in [6.45, 7) is 8.83. The van der Waals surface area contributed by atoms with Crippen molar-refractivity contribution < 1.29 is 0 Å². The van der Waals surface area contributed by atoms with Crippen LogP contribution in [0.3, 0.4) is 0 Å². The molecule has 0 heterocycles. The van der Waals surface area contributed by atoms with Crippen molar-refractivity contribution in [2.45, 2.75) is 38.9 Å². The zero-order chi connectivity index (χ0) is 11.6. The summed E-state index contributed by atoms with van der Waals surface area (Å²) in [4.78, 5) is 0.476. The molecule has 0 spiro atoms. The molecule has 84 valence electrons. The molecule has 0 radical (unpaired) electrons. The molecular weight excluding hydrogens is 316 g/mol. The van der Waals surface area contributed by atoms with Crippen molar-refractivity contribution in [1.82, 2.24) is 0 Å². The van der Waals surface area contributed by atoms with Crippen LogP contribution >= 0.6 is 31.9 Å². The van der Waals surface area contributed by atoms with E-state index in [9.17, 15) is 0 Å². The van der Waals surface area contributed by atoms with Gasteiger partial charge in [0.2, 0.25) is 0 Å². The molecule has 0 fully saturated rings. The van der Waals surface area contributed by atoms with Gasteiger partial charge >= 0.3 is 0 Å². The Morgan fingerprint density at radius 2 is 1.73 bits per heavy atom. The van der Waals surface area contributed by atoms with Crippen LogP contribution in [0.2, 0.25) is 0 Å². The van der Waals surface area contributed by atoms with E-state index in [0.29, 0.717) is 4.83 Å². The lowest BCUT2D eigenvalue weighted by molar-refractivity contribution is 0.582. The molecule has 1 atom stereocenters. The number of aryl methyl sites for hydroxylation is 2. The first kappa shape index (κ1) is 13.2. The Labute approximate surface area is 110 Å². The highest BCUT2D eigenvalue weighted by atomic mass is 79.9. The SMILES string of the molecule is Cc1cc(C(Br)CC(C)C)c(C)cc1Br. The molecule has 0 nitrogen and oxygen atoms in total. The zero-order valence-corrected chi connectivity index (χ0v) is 12.9. The number of halogens is 2. The third-order valence-electron chi connectivity index (χ3n) is 2.56. The highest BCUT2D eigenvalue weighted by molar-refractivity contribution is 9.10. The fraction of sp³-hybridized carbons (Fsp3) is 0.538. The lowest BCUT2D eigenvalue weighted by Gasteiger charge is -2.16. The average Bonchev–Trinajstić information content (AvgIpc) is 2.09. The highest BCUT2D eigenvalue weighted by Gasteiger charge is 2.13. The Bertz CT molecular complexity index is 343. The van der Waals surface area contributed by atoms with Crippen LogP contribution < -0.4 is 0 Å². The molecule has 2 heteroatoms. The summed E-state index contributed by atoms with van der Waals surface area (Å²) >= 11 is 7.35. The van der Waals surface area contributed by atoms with Gasteiger partial charge in [-0.05, 0) is 48.9 Å². The normalized spacial score (nSPS) is 13.3. The maximum atomic E-state index is 3.78. The summed E-state index contributed by atoms with van der Waals surface area (Å²) in [5.74, 6) is 0.720. The summed E-state index contributed by atoms with van der Waals surface area (Å²) < 4.78 is 1.20. The van der Waals surface area contributed by atoms with Gasteiger partial charge in [-0.1, -0.05) is 51.8 Å². The molecule has 1 unspecified atom stereocenters. The molecule has 0 saturated carbocycles. The second kappa shape index (κ2) is 5.49. The van der Waals surface area contributed by atoms with Gasteiger partial charge < -0.3 is 0 Å². The Morgan fingerprint density at radius 3 is 2.27 bits per heavy atom. The van der Waals surface area contributed by atoms with Crippen LogP contribution in [0.5, 0.6) is 0 Å². The molecule has 1 aromatic rings. The van der Waals surface area contributed by atoms with Crippen molar-refractivity contribution >= 4 is 31.9 Å². The third-order valence-corrected chi connectivity index (χ3v) is 4.28. The summed E-state index contributed by atoms with van der Waals surface area (Å²) in [6, 6.07) is 4.49. The fourth-order valence-corrected chi connectivity index (χ4v) is 3.38. The molecule has 0 aliphatic carbocycles. The van der Waals surface area contributed by atoms with E-state index < -0.39 is 0 Å². The minimum absolute atomic E-state index is 0.476. The van der Waals surface area contributed by atoms with Crippen LogP contribution in [0.1, 0.15) is 41.8 Å². The number of alkyl halides is 1. The third kappa shape index (κ3) is 3.60. The zero-order valence-electron chi connectivity index (χ0n) is 9.77. The Hall–Kier alpha value is 0.180. The largest absolute Gasteiger partial charge is 0.0839 e. The number of rotatable bonds is 3. The molecule has 1 rings (SSSR count). The van der Waals surface area contributed by atoms with Crippen molar-refractivity contribution in [3.63, 3.8) is 0 Å². The predicted octanol–water partition coefficient (Wildman–Crippen LogP) is 5.55. The van der Waals surface area contributed by atoms with Crippen LogP contribution in [0.25, 0.3) is 0 Å². The predicted molar refractivity (Wildman–Crippen MR) is 74.7 cm³/mol. The first-order chi connectivity index (χ1) is 6.91. The van der Waals surface area contributed by atoms with Crippen molar-refractivity contribution in [2.75, 3.05) is 0 Å². The first-order valence-electron chi connectivity index (χ1n) is 5.32. The van der Waals surface area contributed by atoms with E-state index in [-0.39, 0.29) is 0 Å².